The summed E-state index contributed by atoms with van der Waals surface area (Å²) >= 11 is 0. The first-order valence-corrected chi connectivity index (χ1v) is 10.2. The molecule has 0 saturated heterocycles. The van der Waals surface area contributed by atoms with Gasteiger partial charge in [0.15, 0.2) is 5.75 Å². The number of hydrogen-bond donors (Lipinski definition) is 1. The normalized spacial score (nSPS) is 14.0. The Bertz CT molecular complexity index is 991. The fourth-order valence-electron chi connectivity index (χ4n) is 3.04. The van der Waals surface area contributed by atoms with Crippen molar-refractivity contribution in [1.82, 2.24) is 0 Å². The summed E-state index contributed by atoms with van der Waals surface area (Å²) in [6.45, 7) is -0.0568. The van der Waals surface area contributed by atoms with Gasteiger partial charge in [-0.2, -0.15) is 21.6 Å². The maximum atomic E-state index is 12.7. The molecule has 0 aromatic heterocycles. The Kier molecular flexibility index (Phi) is 6.02. The second-order valence-electron chi connectivity index (χ2n) is 6.45. The van der Waals surface area contributed by atoms with E-state index in [0.29, 0.717) is 24.0 Å². The smallest absolute Gasteiger partial charge is 0.444 e. The quantitative estimate of drug-likeness (QED) is 0.557. The minimum atomic E-state index is -5.88. The third-order valence-corrected chi connectivity index (χ3v) is 5.38. The summed E-state index contributed by atoms with van der Waals surface area (Å²) in [5.74, 6) is -0.598. The van der Waals surface area contributed by atoms with E-state index >= 15 is 0 Å². The van der Waals surface area contributed by atoms with Crippen LogP contribution in [0.3, 0.4) is 0 Å². The van der Waals surface area contributed by atoms with Gasteiger partial charge in [0, 0.05) is 0 Å². The Labute approximate surface area is 165 Å². The number of anilines is 1. The number of carbonyl (C=O) groups is 1. The number of ether oxygens (including phenoxy) is 1. The Morgan fingerprint density at radius 2 is 1.72 bits per heavy atom. The predicted molar refractivity (Wildman–Crippen MR) is 98.9 cm³/mol. The van der Waals surface area contributed by atoms with Gasteiger partial charge in [0.05, 0.1) is 5.69 Å². The minimum Gasteiger partial charge on any atom is -0.444 e. The van der Waals surface area contributed by atoms with Crippen molar-refractivity contribution in [3.05, 3.63) is 59.2 Å². The molecule has 2 aromatic rings. The second kappa shape index (κ2) is 8.32. The van der Waals surface area contributed by atoms with Crippen molar-refractivity contribution in [1.29, 1.82) is 0 Å². The van der Waals surface area contributed by atoms with Gasteiger partial charge in [0.25, 0.3) is 0 Å². The Balaban J connectivity index is 1.86. The topological polar surface area (TPSA) is 81.7 Å². The summed E-state index contributed by atoms with van der Waals surface area (Å²) in [5, 5.41) is 2.37. The molecule has 0 saturated carbocycles. The number of rotatable bonds is 5. The number of fused-ring (bicyclic) bond motifs is 1. The van der Waals surface area contributed by atoms with E-state index in [9.17, 15) is 26.4 Å². The zero-order valence-electron chi connectivity index (χ0n) is 15.2. The SMILES string of the molecule is O=C(Nc1c(OS(=O)(=O)C(F)(F)F)ccc2c1CCCC2)OCc1ccccc1. The van der Waals surface area contributed by atoms with Crippen molar-refractivity contribution < 1.29 is 35.3 Å². The number of halogens is 3. The molecule has 29 heavy (non-hydrogen) atoms. The molecule has 156 valence electrons. The van der Waals surface area contributed by atoms with E-state index in [2.05, 4.69) is 9.50 Å². The van der Waals surface area contributed by atoms with Crippen molar-refractivity contribution in [2.45, 2.75) is 37.8 Å². The number of carbonyl (C=O) groups excluding carboxylic acids is 1. The number of alkyl halides is 3. The minimum absolute atomic E-state index is 0.0568. The van der Waals surface area contributed by atoms with Gasteiger partial charge in [-0.15, -0.1) is 0 Å². The van der Waals surface area contributed by atoms with E-state index in [1.807, 2.05) is 0 Å². The van der Waals surface area contributed by atoms with E-state index in [0.717, 1.165) is 24.5 Å². The molecule has 2 aromatic carbocycles. The third-order valence-electron chi connectivity index (χ3n) is 4.42. The monoisotopic (exact) mass is 429 g/mol. The molecule has 0 radical (unpaired) electrons. The molecular formula is C19H18F3NO5S. The highest BCUT2D eigenvalue weighted by Gasteiger charge is 2.49. The average molecular weight is 429 g/mol. The van der Waals surface area contributed by atoms with Gasteiger partial charge in [-0.3, -0.25) is 5.32 Å². The van der Waals surface area contributed by atoms with Gasteiger partial charge in [0.1, 0.15) is 6.61 Å². The standard InChI is InChI=1S/C19H18F3NO5S/c20-19(21,22)29(25,26)28-16-11-10-14-8-4-5-9-15(14)17(16)23-18(24)27-12-13-6-2-1-3-7-13/h1-3,6-7,10-11H,4-5,8-9,12H2,(H,23,24). The first-order valence-electron chi connectivity index (χ1n) is 8.80. The first kappa shape index (κ1) is 21.0. The van der Waals surface area contributed by atoms with Crippen LogP contribution in [0.5, 0.6) is 5.75 Å². The first-order chi connectivity index (χ1) is 13.7. The number of benzene rings is 2. The van der Waals surface area contributed by atoms with Crippen molar-refractivity contribution in [3.63, 3.8) is 0 Å². The number of amides is 1. The van der Waals surface area contributed by atoms with Crippen molar-refractivity contribution in [2.24, 2.45) is 0 Å². The van der Waals surface area contributed by atoms with Crippen molar-refractivity contribution in [2.75, 3.05) is 5.32 Å². The molecular weight excluding hydrogens is 411 g/mol. The maximum absolute atomic E-state index is 12.7. The molecule has 10 heteroatoms. The van der Waals surface area contributed by atoms with E-state index in [4.69, 9.17) is 4.74 Å². The Morgan fingerprint density at radius 3 is 2.41 bits per heavy atom. The molecule has 0 spiro atoms. The van der Waals surface area contributed by atoms with Crippen molar-refractivity contribution in [3.8, 4) is 5.75 Å². The zero-order valence-corrected chi connectivity index (χ0v) is 16.0. The lowest BCUT2D eigenvalue weighted by Crippen LogP contribution is -2.29. The van der Waals surface area contributed by atoms with E-state index in [1.54, 1.807) is 30.3 Å². The Morgan fingerprint density at radius 1 is 1.03 bits per heavy atom. The molecule has 1 aliphatic rings. The van der Waals surface area contributed by atoms with Crippen LogP contribution in [0.2, 0.25) is 0 Å². The molecule has 0 fully saturated rings. The van der Waals surface area contributed by atoms with Gasteiger partial charge in [0.2, 0.25) is 0 Å². The van der Waals surface area contributed by atoms with E-state index < -0.39 is 27.5 Å². The number of hydrogen-bond acceptors (Lipinski definition) is 5. The van der Waals surface area contributed by atoms with Crippen LogP contribution in [-0.4, -0.2) is 20.0 Å². The Hall–Kier alpha value is -2.75. The van der Waals surface area contributed by atoms with Crippen LogP contribution < -0.4 is 9.50 Å². The molecule has 0 aliphatic heterocycles. The van der Waals surface area contributed by atoms with Crippen molar-refractivity contribution >= 4 is 21.9 Å². The molecule has 0 bridgehead atoms. The lowest BCUT2D eigenvalue weighted by atomic mass is 9.90. The molecule has 0 heterocycles. The van der Waals surface area contributed by atoms with Crippen LogP contribution >= 0.6 is 0 Å². The van der Waals surface area contributed by atoms with Crippen LogP contribution in [0.15, 0.2) is 42.5 Å². The summed E-state index contributed by atoms with van der Waals surface area (Å²) in [5.41, 5.74) is -3.63. The third kappa shape index (κ3) is 5.00. The number of aryl methyl sites for hydroxylation is 1. The second-order valence-corrected chi connectivity index (χ2v) is 7.99. The summed E-state index contributed by atoms with van der Waals surface area (Å²) < 4.78 is 70.5. The van der Waals surface area contributed by atoms with Gasteiger partial charge < -0.3 is 8.92 Å². The van der Waals surface area contributed by atoms with Crippen LogP contribution in [0.1, 0.15) is 29.5 Å². The predicted octanol–water partition coefficient (Wildman–Crippen LogP) is 4.54. The van der Waals surface area contributed by atoms with Crippen LogP contribution in [-0.2, 0) is 34.3 Å². The molecule has 1 aliphatic carbocycles. The average Bonchev–Trinajstić information content (AvgIpc) is 2.68. The summed E-state index contributed by atoms with van der Waals surface area (Å²) in [7, 11) is -5.88. The number of nitrogens with one attached hydrogen (secondary N) is 1. The highest BCUT2D eigenvalue weighted by atomic mass is 32.2. The highest BCUT2D eigenvalue weighted by molar-refractivity contribution is 7.88. The highest BCUT2D eigenvalue weighted by Crippen LogP contribution is 2.38. The van der Waals surface area contributed by atoms with Crippen LogP contribution in [0.25, 0.3) is 0 Å². The molecule has 1 N–H and O–H groups in total. The van der Waals surface area contributed by atoms with E-state index in [1.165, 1.54) is 6.07 Å². The lowest BCUT2D eigenvalue weighted by molar-refractivity contribution is -0.0499. The molecule has 0 unspecified atom stereocenters. The van der Waals surface area contributed by atoms with Gasteiger partial charge >= 0.3 is 21.7 Å². The summed E-state index contributed by atoms with van der Waals surface area (Å²) in [4.78, 5) is 12.2. The maximum Gasteiger partial charge on any atom is 0.534 e. The van der Waals surface area contributed by atoms with Crippen LogP contribution in [0.4, 0.5) is 23.7 Å². The van der Waals surface area contributed by atoms with Gasteiger partial charge in [-0.25, -0.2) is 4.79 Å². The van der Waals surface area contributed by atoms with Crippen LogP contribution in [0, 0.1) is 0 Å². The van der Waals surface area contributed by atoms with Gasteiger partial charge in [-0.1, -0.05) is 36.4 Å². The summed E-state index contributed by atoms with van der Waals surface area (Å²) in [6, 6.07) is 11.4. The largest absolute Gasteiger partial charge is 0.534 e. The fraction of sp³-hybridized carbons (Fsp3) is 0.316. The molecule has 6 nitrogen and oxygen atoms in total. The molecule has 3 rings (SSSR count). The zero-order chi connectivity index (χ0) is 21.1. The fourth-order valence-corrected chi connectivity index (χ4v) is 3.51. The van der Waals surface area contributed by atoms with Gasteiger partial charge in [-0.05, 0) is 48.4 Å². The van der Waals surface area contributed by atoms with E-state index in [-0.39, 0.29) is 12.3 Å². The molecule has 0 atom stereocenters. The molecule has 1 amide bonds. The summed E-state index contributed by atoms with van der Waals surface area (Å²) in [6.07, 6.45) is 1.83. The lowest BCUT2D eigenvalue weighted by Gasteiger charge is -2.22.